The maximum atomic E-state index is 5.79. The van der Waals surface area contributed by atoms with Crippen LogP contribution in [0.5, 0.6) is 0 Å². The molecule has 2 aliphatic rings. The van der Waals surface area contributed by atoms with E-state index in [1.54, 1.807) is 0 Å². The summed E-state index contributed by atoms with van der Waals surface area (Å²) < 4.78 is 0. The maximum Gasteiger partial charge on any atom is 0.163 e. The first-order valence-electron chi connectivity index (χ1n) is 10.7. The van der Waals surface area contributed by atoms with E-state index in [-0.39, 0.29) is 5.82 Å². The van der Waals surface area contributed by atoms with Crippen LogP contribution in [0.15, 0.2) is 58.3 Å². The second-order valence-electron chi connectivity index (χ2n) is 8.40. The predicted molar refractivity (Wildman–Crippen MR) is 125 cm³/mol. The Labute approximate surface area is 175 Å². The van der Waals surface area contributed by atoms with Crippen molar-refractivity contribution in [1.29, 1.82) is 0 Å². The van der Waals surface area contributed by atoms with Gasteiger partial charge in [-0.25, -0.2) is 9.98 Å². The molecule has 1 fully saturated rings. The first-order chi connectivity index (χ1) is 13.9. The third kappa shape index (κ3) is 4.87. The molecular weight excluding hydrogens is 356 g/mol. The van der Waals surface area contributed by atoms with Crippen LogP contribution < -0.4 is 5.73 Å². The van der Waals surface area contributed by atoms with Crippen molar-refractivity contribution in [2.24, 2.45) is 21.6 Å². The molecule has 0 amide bonds. The molecule has 0 bridgehead atoms. The number of aryl methyl sites for hydroxylation is 2. The summed E-state index contributed by atoms with van der Waals surface area (Å²) in [6.07, 6.45) is 8.95. The Morgan fingerprint density at radius 1 is 1.31 bits per heavy atom. The molecule has 2 N–H and O–H groups in total. The minimum atomic E-state index is 0.286. The number of aliphatic imine (C=N–C) groups is 2. The van der Waals surface area contributed by atoms with Gasteiger partial charge < -0.3 is 10.6 Å². The molecule has 3 rings (SSSR count). The molecule has 4 heteroatoms. The second-order valence-corrected chi connectivity index (χ2v) is 8.40. The van der Waals surface area contributed by atoms with Gasteiger partial charge in [0, 0.05) is 24.2 Å². The SMILES string of the molecule is C=C(N)/N=C1/N=C(N2CCCC2)C(c2c(C)cccc2CCC(C)C)=C/C1=C/C. The topological polar surface area (TPSA) is 54.0 Å². The van der Waals surface area contributed by atoms with Crippen LogP contribution in [0.2, 0.25) is 0 Å². The van der Waals surface area contributed by atoms with E-state index in [9.17, 15) is 0 Å². The molecule has 0 spiro atoms. The molecule has 2 heterocycles. The minimum absolute atomic E-state index is 0.286. The highest BCUT2D eigenvalue weighted by molar-refractivity contribution is 6.31. The number of benzene rings is 1. The molecule has 2 aliphatic heterocycles. The van der Waals surface area contributed by atoms with E-state index in [1.807, 2.05) is 6.92 Å². The van der Waals surface area contributed by atoms with Gasteiger partial charge in [-0.1, -0.05) is 44.7 Å². The quantitative estimate of drug-likeness (QED) is 0.746. The molecule has 0 unspecified atom stereocenters. The van der Waals surface area contributed by atoms with Crippen LogP contribution in [0.1, 0.15) is 56.7 Å². The number of dihydropyridines is 1. The van der Waals surface area contributed by atoms with Crippen LogP contribution in [0.4, 0.5) is 0 Å². The monoisotopic (exact) mass is 390 g/mol. The summed E-state index contributed by atoms with van der Waals surface area (Å²) in [7, 11) is 0. The van der Waals surface area contributed by atoms with Gasteiger partial charge >= 0.3 is 0 Å². The van der Waals surface area contributed by atoms with E-state index in [0.29, 0.717) is 11.8 Å². The number of likely N-dealkylation sites (tertiary alicyclic amines) is 1. The zero-order valence-corrected chi connectivity index (χ0v) is 18.3. The molecule has 0 radical (unpaired) electrons. The minimum Gasteiger partial charge on any atom is -0.384 e. The predicted octanol–water partition coefficient (Wildman–Crippen LogP) is 5.25. The smallest absolute Gasteiger partial charge is 0.163 e. The van der Waals surface area contributed by atoms with Crippen molar-refractivity contribution in [2.45, 2.75) is 53.4 Å². The Bertz CT molecular complexity index is 893. The van der Waals surface area contributed by atoms with Gasteiger partial charge in [0.15, 0.2) is 5.84 Å². The highest BCUT2D eigenvalue weighted by atomic mass is 15.2. The number of rotatable bonds is 5. The van der Waals surface area contributed by atoms with Crippen molar-refractivity contribution in [2.75, 3.05) is 13.1 Å². The third-order valence-electron chi connectivity index (χ3n) is 5.60. The van der Waals surface area contributed by atoms with E-state index in [1.165, 1.54) is 41.5 Å². The Morgan fingerprint density at radius 3 is 2.66 bits per heavy atom. The van der Waals surface area contributed by atoms with Gasteiger partial charge in [0.05, 0.1) is 0 Å². The lowest BCUT2D eigenvalue weighted by Gasteiger charge is -2.28. The summed E-state index contributed by atoms with van der Waals surface area (Å²) in [4.78, 5) is 11.8. The number of nitrogens with zero attached hydrogens (tertiary/aromatic N) is 3. The van der Waals surface area contributed by atoms with E-state index in [2.05, 4.69) is 67.6 Å². The standard InChI is InChI=1S/C25H34N4/c1-6-20-16-22(23-18(4)10-9-11-21(23)13-12-17(2)3)25(29-14-7-8-15-29)28-24(20)27-19(5)26/h6,9-11,16-17H,5,7-8,12-15,26H2,1-4H3/b20-6-,27-24+. The lowest BCUT2D eigenvalue weighted by Crippen LogP contribution is -2.32. The molecule has 154 valence electrons. The van der Waals surface area contributed by atoms with Crippen molar-refractivity contribution < 1.29 is 0 Å². The number of allylic oxidation sites excluding steroid dienone is 1. The molecular formula is C25H34N4. The van der Waals surface area contributed by atoms with Crippen LogP contribution >= 0.6 is 0 Å². The summed E-state index contributed by atoms with van der Waals surface area (Å²) >= 11 is 0. The fourth-order valence-corrected chi connectivity index (χ4v) is 4.07. The fourth-order valence-electron chi connectivity index (χ4n) is 4.07. The van der Waals surface area contributed by atoms with Crippen LogP contribution in [-0.4, -0.2) is 29.7 Å². The lowest BCUT2D eigenvalue weighted by atomic mass is 9.88. The van der Waals surface area contributed by atoms with Gasteiger partial charge in [0.25, 0.3) is 0 Å². The Morgan fingerprint density at radius 2 is 2.03 bits per heavy atom. The molecule has 1 aromatic rings. The number of hydrogen-bond acceptors (Lipinski definition) is 3. The van der Waals surface area contributed by atoms with Gasteiger partial charge in [-0.2, -0.15) is 0 Å². The van der Waals surface area contributed by atoms with Gasteiger partial charge in [-0.15, -0.1) is 0 Å². The van der Waals surface area contributed by atoms with Crippen molar-refractivity contribution >= 4 is 17.2 Å². The van der Waals surface area contributed by atoms with E-state index in [0.717, 1.165) is 30.9 Å². The normalized spacial score (nSPS) is 19.8. The van der Waals surface area contributed by atoms with Crippen LogP contribution in [0.25, 0.3) is 5.57 Å². The molecule has 0 aromatic heterocycles. The van der Waals surface area contributed by atoms with Crippen LogP contribution in [0, 0.1) is 12.8 Å². The van der Waals surface area contributed by atoms with Gasteiger partial charge in [0.1, 0.15) is 11.7 Å². The molecule has 4 nitrogen and oxygen atoms in total. The largest absolute Gasteiger partial charge is 0.384 e. The molecule has 1 aromatic carbocycles. The number of nitrogens with two attached hydrogens (primary N) is 1. The van der Waals surface area contributed by atoms with E-state index < -0.39 is 0 Å². The molecule has 0 saturated carbocycles. The Balaban J connectivity index is 2.15. The number of amidine groups is 2. The summed E-state index contributed by atoms with van der Waals surface area (Å²) in [5.41, 5.74) is 12.0. The van der Waals surface area contributed by atoms with Crippen molar-refractivity contribution in [1.82, 2.24) is 4.90 Å². The zero-order valence-electron chi connectivity index (χ0n) is 18.3. The fraction of sp³-hybridized carbons (Fsp3) is 0.440. The molecule has 29 heavy (non-hydrogen) atoms. The summed E-state index contributed by atoms with van der Waals surface area (Å²) in [6, 6.07) is 6.65. The van der Waals surface area contributed by atoms with Crippen molar-refractivity contribution in [3.8, 4) is 0 Å². The van der Waals surface area contributed by atoms with Crippen LogP contribution in [-0.2, 0) is 6.42 Å². The number of hydrogen-bond donors (Lipinski definition) is 1. The third-order valence-corrected chi connectivity index (χ3v) is 5.60. The average Bonchev–Trinajstić information content (AvgIpc) is 3.20. The van der Waals surface area contributed by atoms with E-state index in [4.69, 9.17) is 10.7 Å². The van der Waals surface area contributed by atoms with Crippen molar-refractivity contribution in [3.05, 3.63) is 65.0 Å². The Kier molecular flexibility index (Phi) is 6.73. The van der Waals surface area contributed by atoms with Gasteiger partial charge in [-0.05, 0) is 68.2 Å². The zero-order chi connectivity index (χ0) is 21.0. The molecule has 0 atom stereocenters. The van der Waals surface area contributed by atoms with Gasteiger partial charge in [0.2, 0.25) is 0 Å². The highest BCUT2D eigenvalue weighted by Gasteiger charge is 2.27. The summed E-state index contributed by atoms with van der Waals surface area (Å²) in [6.45, 7) is 14.6. The van der Waals surface area contributed by atoms with E-state index >= 15 is 0 Å². The average molecular weight is 391 g/mol. The van der Waals surface area contributed by atoms with Gasteiger partial charge in [-0.3, -0.25) is 0 Å². The second kappa shape index (κ2) is 9.25. The van der Waals surface area contributed by atoms with Crippen molar-refractivity contribution in [3.63, 3.8) is 0 Å². The lowest BCUT2D eigenvalue weighted by molar-refractivity contribution is 0.524. The molecule has 0 aliphatic carbocycles. The first kappa shape index (κ1) is 21.1. The molecule has 1 saturated heterocycles. The first-order valence-corrected chi connectivity index (χ1v) is 10.7. The summed E-state index contributed by atoms with van der Waals surface area (Å²) in [5.74, 6) is 2.64. The highest BCUT2D eigenvalue weighted by Crippen LogP contribution is 2.33. The Hall–Kier alpha value is -2.62. The summed E-state index contributed by atoms with van der Waals surface area (Å²) in [5, 5.41) is 0. The maximum absolute atomic E-state index is 5.79. The van der Waals surface area contributed by atoms with Crippen LogP contribution in [0.3, 0.4) is 0 Å².